The minimum absolute atomic E-state index is 0.00556. The van der Waals surface area contributed by atoms with Crippen molar-refractivity contribution in [3.05, 3.63) is 60.6 Å². The summed E-state index contributed by atoms with van der Waals surface area (Å²) in [5.41, 5.74) is 1.39. The quantitative estimate of drug-likeness (QED) is 0.807. The van der Waals surface area contributed by atoms with Crippen LogP contribution in [0.2, 0.25) is 0 Å². The first-order valence-electron chi connectivity index (χ1n) is 6.34. The molecule has 106 valence electrons. The number of benzene rings is 1. The van der Waals surface area contributed by atoms with Crippen molar-refractivity contribution in [2.24, 2.45) is 0 Å². The van der Waals surface area contributed by atoms with Gasteiger partial charge in [-0.2, -0.15) is 8.42 Å². The van der Waals surface area contributed by atoms with E-state index < -0.39 is 10.0 Å². The normalized spacial score (nSPS) is 11.5. The average molecular weight is 299 g/mol. The van der Waals surface area contributed by atoms with E-state index in [4.69, 9.17) is 0 Å². The van der Waals surface area contributed by atoms with E-state index in [0.717, 1.165) is 16.3 Å². The summed E-state index contributed by atoms with van der Waals surface area (Å²) in [6, 6.07) is 10.4. The summed E-state index contributed by atoms with van der Waals surface area (Å²) >= 11 is 0. The van der Waals surface area contributed by atoms with Gasteiger partial charge in [0.1, 0.15) is 0 Å². The highest BCUT2D eigenvalue weighted by atomic mass is 32.2. The van der Waals surface area contributed by atoms with Crippen molar-refractivity contribution < 1.29 is 8.42 Å². The number of aromatic nitrogens is 2. The molecular weight excluding hydrogens is 286 g/mol. The standard InChI is InChI=1S/C15H13N3O2S/c1-11-5-6-15(17-9-11)21(19,20)18-14-4-2-3-12-7-8-16-10-13(12)14/h2-10,18H,1H3. The third-order valence-electron chi connectivity index (χ3n) is 3.09. The lowest BCUT2D eigenvalue weighted by atomic mass is 10.1. The molecule has 1 N–H and O–H groups in total. The summed E-state index contributed by atoms with van der Waals surface area (Å²) < 4.78 is 27.3. The number of rotatable bonds is 3. The molecular formula is C15H13N3O2S. The summed E-state index contributed by atoms with van der Waals surface area (Å²) in [7, 11) is -3.71. The zero-order chi connectivity index (χ0) is 14.9. The molecule has 5 nitrogen and oxygen atoms in total. The van der Waals surface area contributed by atoms with Crippen molar-refractivity contribution >= 4 is 26.5 Å². The summed E-state index contributed by atoms with van der Waals surface area (Å²) in [5, 5.41) is 1.66. The molecule has 3 aromatic rings. The maximum absolute atomic E-state index is 12.4. The summed E-state index contributed by atoms with van der Waals surface area (Å²) in [6.45, 7) is 1.85. The largest absolute Gasteiger partial charge is 0.279 e. The first kappa shape index (κ1) is 13.5. The molecule has 0 aliphatic carbocycles. The second-order valence-electron chi connectivity index (χ2n) is 4.68. The van der Waals surface area contributed by atoms with Gasteiger partial charge in [-0.3, -0.25) is 9.71 Å². The Morgan fingerprint density at radius 3 is 2.67 bits per heavy atom. The Balaban J connectivity index is 2.03. The highest BCUT2D eigenvalue weighted by Gasteiger charge is 2.16. The Labute approximate surface area is 122 Å². The van der Waals surface area contributed by atoms with Crippen LogP contribution in [0.3, 0.4) is 0 Å². The van der Waals surface area contributed by atoms with Gasteiger partial charge in [0.25, 0.3) is 10.0 Å². The molecule has 0 radical (unpaired) electrons. The molecule has 3 rings (SSSR count). The minimum Gasteiger partial charge on any atom is -0.278 e. The van der Waals surface area contributed by atoms with Gasteiger partial charge in [0.2, 0.25) is 0 Å². The fraction of sp³-hybridized carbons (Fsp3) is 0.0667. The highest BCUT2D eigenvalue weighted by molar-refractivity contribution is 7.92. The van der Waals surface area contributed by atoms with Crippen LogP contribution in [0.4, 0.5) is 5.69 Å². The van der Waals surface area contributed by atoms with E-state index in [0.29, 0.717) is 5.69 Å². The van der Waals surface area contributed by atoms with Crippen molar-refractivity contribution in [2.45, 2.75) is 11.9 Å². The van der Waals surface area contributed by atoms with Crippen LogP contribution in [0.5, 0.6) is 0 Å². The van der Waals surface area contributed by atoms with Crippen LogP contribution in [0, 0.1) is 6.92 Å². The maximum Gasteiger partial charge on any atom is 0.279 e. The lowest BCUT2D eigenvalue weighted by molar-refractivity contribution is 0.597. The number of fused-ring (bicyclic) bond motifs is 1. The minimum atomic E-state index is -3.71. The van der Waals surface area contributed by atoms with E-state index in [-0.39, 0.29) is 5.03 Å². The van der Waals surface area contributed by atoms with Gasteiger partial charge in [-0.1, -0.05) is 18.2 Å². The lowest BCUT2D eigenvalue weighted by Crippen LogP contribution is -2.14. The molecule has 0 aliphatic rings. The number of hydrogen-bond acceptors (Lipinski definition) is 4. The molecule has 0 atom stereocenters. The Hall–Kier alpha value is -2.47. The second kappa shape index (κ2) is 5.14. The zero-order valence-electron chi connectivity index (χ0n) is 11.3. The topological polar surface area (TPSA) is 72.0 Å². The van der Waals surface area contributed by atoms with E-state index >= 15 is 0 Å². The predicted molar refractivity (Wildman–Crippen MR) is 81.5 cm³/mol. The molecule has 0 fully saturated rings. The monoisotopic (exact) mass is 299 g/mol. The molecule has 1 aromatic carbocycles. The molecule has 0 amide bonds. The van der Waals surface area contributed by atoms with E-state index in [2.05, 4.69) is 14.7 Å². The third-order valence-corrected chi connectivity index (χ3v) is 4.37. The van der Waals surface area contributed by atoms with Crippen LogP contribution < -0.4 is 4.72 Å². The lowest BCUT2D eigenvalue weighted by Gasteiger charge is -2.10. The fourth-order valence-electron chi connectivity index (χ4n) is 2.01. The number of hydrogen-bond donors (Lipinski definition) is 1. The summed E-state index contributed by atoms with van der Waals surface area (Å²) in [6.07, 6.45) is 4.83. The zero-order valence-corrected chi connectivity index (χ0v) is 12.1. The van der Waals surface area contributed by atoms with Crippen LogP contribution in [0.1, 0.15) is 5.56 Å². The first-order chi connectivity index (χ1) is 10.1. The van der Waals surface area contributed by atoms with Gasteiger partial charge >= 0.3 is 0 Å². The van der Waals surface area contributed by atoms with Crippen LogP contribution in [-0.2, 0) is 10.0 Å². The summed E-state index contributed by atoms with van der Waals surface area (Å²) in [4.78, 5) is 8.00. The first-order valence-corrected chi connectivity index (χ1v) is 7.83. The van der Waals surface area contributed by atoms with Gasteiger partial charge in [-0.25, -0.2) is 4.98 Å². The van der Waals surface area contributed by atoms with E-state index in [9.17, 15) is 8.42 Å². The van der Waals surface area contributed by atoms with Gasteiger partial charge in [-0.05, 0) is 36.1 Å². The molecule has 21 heavy (non-hydrogen) atoms. The van der Waals surface area contributed by atoms with E-state index in [1.807, 2.05) is 19.1 Å². The smallest absolute Gasteiger partial charge is 0.278 e. The van der Waals surface area contributed by atoms with Gasteiger partial charge in [0.15, 0.2) is 5.03 Å². The fourth-order valence-corrected chi connectivity index (χ4v) is 3.02. The maximum atomic E-state index is 12.4. The van der Waals surface area contributed by atoms with E-state index in [1.54, 1.807) is 30.6 Å². The van der Waals surface area contributed by atoms with Crippen molar-refractivity contribution in [3.63, 3.8) is 0 Å². The molecule has 6 heteroatoms. The van der Waals surface area contributed by atoms with Crippen molar-refractivity contribution in [1.82, 2.24) is 9.97 Å². The number of nitrogens with one attached hydrogen (secondary N) is 1. The number of sulfonamides is 1. The Kier molecular flexibility index (Phi) is 3.31. The Bertz CT molecular complexity index is 885. The van der Waals surface area contributed by atoms with Crippen LogP contribution >= 0.6 is 0 Å². The van der Waals surface area contributed by atoms with Crippen LogP contribution in [0.25, 0.3) is 10.8 Å². The van der Waals surface area contributed by atoms with Crippen LogP contribution in [-0.4, -0.2) is 18.4 Å². The van der Waals surface area contributed by atoms with Crippen LogP contribution in [0.15, 0.2) is 60.0 Å². The van der Waals surface area contributed by atoms with Gasteiger partial charge in [-0.15, -0.1) is 0 Å². The molecule has 0 spiro atoms. The Morgan fingerprint density at radius 1 is 1.05 bits per heavy atom. The van der Waals surface area contributed by atoms with Crippen molar-refractivity contribution in [3.8, 4) is 0 Å². The van der Waals surface area contributed by atoms with Gasteiger partial charge in [0.05, 0.1) is 5.69 Å². The number of anilines is 1. The van der Waals surface area contributed by atoms with E-state index in [1.165, 1.54) is 12.3 Å². The molecule has 0 saturated heterocycles. The van der Waals surface area contributed by atoms with Crippen molar-refractivity contribution in [2.75, 3.05) is 4.72 Å². The van der Waals surface area contributed by atoms with Gasteiger partial charge in [0, 0.05) is 24.0 Å². The SMILES string of the molecule is Cc1ccc(S(=O)(=O)Nc2cccc3ccncc23)nc1. The second-order valence-corrected chi connectivity index (χ2v) is 6.31. The van der Waals surface area contributed by atoms with Gasteiger partial charge < -0.3 is 0 Å². The number of nitrogens with zero attached hydrogens (tertiary/aromatic N) is 2. The average Bonchev–Trinajstić information content (AvgIpc) is 2.48. The summed E-state index contributed by atoms with van der Waals surface area (Å²) in [5.74, 6) is 0. The molecule has 2 heterocycles. The molecule has 0 bridgehead atoms. The van der Waals surface area contributed by atoms with Crippen molar-refractivity contribution in [1.29, 1.82) is 0 Å². The highest BCUT2D eigenvalue weighted by Crippen LogP contribution is 2.24. The molecule has 2 aromatic heterocycles. The third kappa shape index (κ3) is 2.71. The predicted octanol–water partition coefficient (Wildman–Crippen LogP) is 2.74. The molecule has 0 aliphatic heterocycles. The molecule has 0 saturated carbocycles. The number of pyridine rings is 2. The Morgan fingerprint density at radius 2 is 1.90 bits per heavy atom. The molecule has 0 unspecified atom stereocenters. The number of aryl methyl sites for hydroxylation is 1.